The van der Waals surface area contributed by atoms with Gasteiger partial charge in [0.15, 0.2) is 5.17 Å². The molecule has 152 valence electrons. The number of para-hydroxylation sites is 1. The van der Waals surface area contributed by atoms with Crippen LogP contribution < -0.4 is 14.8 Å². The van der Waals surface area contributed by atoms with Crippen molar-refractivity contribution in [1.29, 1.82) is 0 Å². The molecule has 0 radical (unpaired) electrons. The van der Waals surface area contributed by atoms with Crippen LogP contribution in [-0.2, 0) is 9.59 Å². The second-order valence-electron chi connectivity index (χ2n) is 6.12. The van der Waals surface area contributed by atoms with E-state index in [1.54, 1.807) is 12.1 Å². The Morgan fingerprint density at radius 3 is 2.45 bits per heavy atom. The number of ether oxygens (including phenoxy) is 2. The number of halogens is 1. The first-order chi connectivity index (χ1) is 13.9. The number of benzene rings is 2. The number of thioether (sulfide) groups is 1. The summed E-state index contributed by atoms with van der Waals surface area (Å²) in [6.45, 7) is 3.55. The van der Waals surface area contributed by atoms with Gasteiger partial charge in [-0.3, -0.25) is 9.59 Å². The molecule has 29 heavy (non-hydrogen) atoms. The molecule has 2 aromatic rings. The van der Waals surface area contributed by atoms with Crippen LogP contribution in [-0.4, -0.2) is 35.2 Å². The fourth-order valence-corrected chi connectivity index (χ4v) is 3.91. The second-order valence-corrected chi connectivity index (χ2v) is 7.59. The molecule has 9 heteroatoms. The molecule has 7 nitrogen and oxygen atoms in total. The van der Waals surface area contributed by atoms with Gasteiger partial charge in [-0.1, -0.05) is 47.6 Å². The molecule has 1 heterocycles. The van der Waals surface area contributed by atoms with E-state index in [0.717, 1.165) is 5.56 Å². The topological polar surface area (TPSA) is 80.2 Å². The molecule has 3 rings (SSSR count). The van der Waals surface area contributed by atoms with E-state index in [1.165, 1.54) is 30.6 Å². The van der Waals surface area contributed by atoms with Crippen LogP contribution in [0.4, 0.5) is 0 Å². The molecule has 0 spiro atoms. The highest BCUT2D eigenvalue weighted by atomic mass is 35.5. The number of amidine groups is 1. The summed E-state index contributed by atoms with van der Waals surface area (Å²) in [6, 6.07) is 14.6. The van der Waals surface area contributed by atoms with Crippen molar-refractivity contribution in [3.05, 3.63) is 59.1 Å². The zero-order valence-electron chi connectivity index (χ0n) is 15.9. The van der Waals surface area contributed by atoms with E-state index in [-0.39, 0.29) is 17.2 Å². The lowest BCUT2D eigenvalue weighted by atomic mass is 10.2. The Hall–Kier alpha value is -2.71. The standard InChI is InChI=1S/C20H20ClN3O4S/c1-13(25)22-20-23-24(14(2)26)19(29-20)15-7-9-16(10-8-15)27-11-12-28-18-6-4-3-5-17(18)21/h3-10,19H,11-12H2,1-2H3,(H,22,23,25)/t19-/m0/s1. The van der Waals surface area contributed by atoms with Gasteiger partial charge in [0.05, 0.1) is 5.02 Å². The van der Waals surface area contributed by atoms with Crippen LogP contribution in [0.5, 0.6) is 11.5 Å². The fourth-order valence-electron chi connectivity index (χ4n) is 2.58. The molecule has 0 fully saturated rings. The monoisotopic (exact) mass is 433 g/mol. The van der Waals surface area contributed by atoms with E-state index < -0.39 is 0 Å². The van der Waals surface area contributed by atoms with Gasteiger partial charge in [0.1, 0.15) is 30.1 Å². The second kappa shape index (κ2) is 9.67. The first-order valence-electron chi connectivity index (χ1n) is 8.87. The minimum atomic E-state index is -0.341. The summed E-state index contributed by atoms with van der Waals surface area (Å²) in [5.74, 6) is 0.852. The maximum atomic E-state index is 11.9. The van der Waals surface area contributed by atoms with Gasteiger partial charge in [0, 0.05) is 13.8 Å². The van der Waals surface area contributed by atoms with Crippen LogP contribution in [0.1, 0.15) is 24.8 Å². The average Bonchev–Trinajstić information content (AvgIpc) is 3.10. The third-order valence-electron chi connectivity index (χ3n) is 3.86. The van der Waals surface area contributed by atoms with Crippen LogP contribution in [0, 0.1) is 0 Å². The predicted molar refractivity (Wildman–Crippen MR) is 113 cm³/mol. The molecule has 0 unspecified atom stereocenters. The van der Waals surface area contributed by atoms with E-state index in [0.29, 0.717) is 34.9 Å². The third-order valence-corrected chi connectivity index (χ3v) is 5.28. The summed E-state index contributed by atoms with van der Waals surface area (Å²) in [7, 11) is 0. The summed E-state index contributed by atoms with van der Waals surface area (Å²) in [5.41, 5.74) is 0.869. The number of hydrazone groups is 1. The molecule has 0 bridgehead atoms. The third kappa shape index (κ3) is 5.65. The van der Waals surface area contributed by atoms with Crippen molar-refractivity contribution in [2.24, 2.45) is 5.10 Å². The maximum absolute atomic E-state index is 11.9. The molecule has 1 aliphatic rings. The molecule has 1 N–H and O–H groups in total. The highest BCUT2D eigenvalue weighted by Gasteiger charge is 2.32. The van der Waals surface area contributed by atoms with Gasteiger partial charge in [-0.25, -0.2) is 5.01 Å². The quantitative estimate of drug-likeness (QED) is 0.701. The Morgan fingerprint density at radius 2 is 1.79 bits per heavy atom. The van der Waals surface area contributed by atoms with E-state index in [1.807, 2.05) is 36.4 Å². The first-order valence-corrected chi connectivity index (χ1v) is 10.1. The van der Waals surface area contributed by atoms with Crippen molar-refractivity contribution < 1.29 is 19.1 Å². The zero-order chi connectivity index (χ0) is 20.8. The minimum absolute atomic E-state index is 0.208. The number of amides is 2. The summed E-state index contributed by atoms with van der Waals surface area (Å²) in [6.07, 6.45) is 0. The predicted octanol–water partition coefficient (Wildman–Crippen LogP) is 3.80. The van der Waals surface area contributed by atoms with E-state index in [2.05, 4.69) is 10.4 Å². The van der Waals surface area contributed by atoms with Crippen LogP contribution in [0.15, 0.2) is 53.6 Å². The van der Waals surface area contributed by atoms with Crippen molar-refractivity contribution in [3.63, 3.8) is 0 Å². The number of hydrogen-bond donors (Lipinski definition) is 1. The van der Waals surface area contributed by atoms with Crippen molar-refractivity contribution in [2.75, 3.05) is 13.2 Å². The molecule has 0 saturated carbocycles. The molecular formula is C20H20ClN3O4S. The molecule has 1 atom stereocenters. The lowest BCUT2D eigenvalue weighted by Crippen LogP contribution is -2.25. The number of nitrogens with one attached hydrogen (secondary N) is 1. The number of nitrogens with zero attached hydrogens (tertiary/aromatic N) is 2. The van der Waals surface area contributed by atoms with Gasteiger partial charge in [-0.05, 0) is 29.8 Å². The smallest absolute Gasteiger partial charge is 0.241 e. The summed E-state index contributed by atoms with van der Waals surface area (Å²) in [5, 5.41) is 8.76. The van der Waals surface area contributed by atoms with Gasteiger partial charge < -0.3 is 14.8 Å². The summed E-state index contributed by atoms with van der Waals surface area (Å²) < 4.78 is 11.3. The normalized spacial score (nSPS) is 15.6. The van der Waals surface area contributed by atoms with Gasteiger partial charge in [0.2, 0.25) is 11.8 Å². The zero-order valence-corrected chi connectivity index (χ0v) is 17.5. The molecular weight excluding hydrogens is 414 g/mol. The Labute approximate surface area is 178 Å². The van der Waals surface area contributed by atoms with Crippen LogP contribution in [0.3, 0.4) is 0 Å². The molecule has 0 aliphatic carbocycles. The first kappa shape index (κ1) is 21.0. The Balaban J connectivity index is 1.55. The average molecular weight is 434 g/mol. The fraction of sp³-hybridized carbons (Fsp3) is 0.250. The molecule has 0 aromatic heterocycles. The summed E-state index contributed by atoms with van der Waals surface area (Å²) >= 11 is 7.35. The number of carbonyl (C=O) groups excluding carboxylic acids is 2. The van der Waals surface area contributed by atoms with Gasteiger partial charge >= 0.3 is 0 Å². The van der Waals surface area contributed by atoms with Crippen molar-refractivity contribution >= 4 is 40.3 Å². The lowest BCUT2D eigenvalue weighted by Gasteiger charge is -2.19. The van der Waals surface area contributed by atoms with Crippen LogP contribution in [0.2, 0.25) is 5.02 Å². The number of carbonyl (C=O) groups is 2. The SMILES string of the molecule is CC(=O)NC1=NN(C(C)=O)[C@H](c2ccc(OCCOc3ccccc3Cl)cc2)S1. The molecule has 0 saturated heterocycles. The molecule has 2 aromatic carbocycles. The Morgan fingerprint density at radius 1 is 1.10 bits per heavy atom. The Bertz CT molecular complexity index is 920. The van der Waals surface area contributed by atoms with E-state index in [9.17, 15) is 9.59 Å². The highest BCUT2D eigenvalue weighted by molar-refractivity contribution is 8.14. The van der Waals surface area contributed by atoms with E-state index in [4.69, 9.17) is 21.1 Å². The Kier molecular flexibility index (Phi) is 7.00. The van der Waals surface area contributed by atoms with Crippen molar-refractivity contribution in [1.82, 2.24) is 10.3 Å². The van der Waals surface area contributed by atoms with E-state index >= 15 is 0 Å². The van der Waals surface area contributed by atoms with Gasteiger partial charge in [0.25, 0.3) is 0 Å². The largest absolute Gasteiger partial charge is 0.490 e. The number of rotatable bonds is 6. The van der Waals surface area contributed by atoms with Crippen LogP contribution >= 0.6 is 23.4 Å². The van der Waals surface area contributed by atoms with Gasteiger partial charge in [-0.2, -0.15) is 0 Å². The number of hydrogen-bond acceptors (Lipinski definition) is 6. The minimum Gasteiger partial charge on any atom is -0.490 e. The van der Waals surface area contributed by atoms with Crippen molar-refractivity contribution in [2.45, 2.75) is 19.2 Å². The maximum Gasteiger partial charge on any atom is 0.241 e. The van der Waals surface area contributed by atoms with Crippen LogP contribution in [0.25, 0.3) is 0 Å². The highest BCUT2D eigenvalue weighted by Crippen LogP contribution is 2.39. The summed E-state index contributed by atoms with van der Waals surface area (Å²) in [4.78, 5) is 23.1. The molecule has 2 amide bonds. The van der Waals surface area contributed by atoms with Gasteiger partial charge in [-0.15, -0.1) is 5.10 Å². The van der Waals surface area contributed by atoms with Crippen molar-refractivity contribution in [3.8, 4) is 11.5 Å². The lowest BCUT2D eigenvalue weighted by molar-refractivity contribution is -0.129. The molecule has 1 aliphatic heterocycles.